The molecule has 0 radical (unpaired) electrons. The highest BCUT2D eigenvalue weighted by Gasteiger charge is 2.07. The molecule has 0 spiro atoms. The summed E-state index contributed by atoms with van der Waals surface area (Å²) in [4.78, 5) is 7.38. The number of pyridine rings is 1. The molecule has 0 saturated carbocycles. The second-order valence-electron chi connectivity index (χ2n) is 4.44. The van der Waals surface area contributed by atoms with Crippen LogP contribution in [0.25, 0.3) is 11.0 Å². The predicted molar refractivity (Wildman–Crippen MR) is 75.2 cm³/mol. The van der Waals surface area contributed by atoms with E-state index in [4.69, 9.17) is 12.2 Å². The molecule has 0 amide bonds. The average molecular weight is 273 g/mol. The van der Waals surface area contributed by atoms with E-state index in [1.807, 2.05) is 23.6 Å². The van der Waals surface area contributed by atoms with Gasteiger partial charge in [-0.1, -0.05) is 6.07 Å². The van der Waals surface area contributed by atoms with Crippen LogP contribution in [-0.4, -0.2) is 14.5 Å². The van der Waals surface area contributed by atoms with Crippen molar-refractivity contribution in [3.05, 3.63) is 58.4 Å². The van der Waals surface area contributed by atoms with Gasteiger partial charge in [-0.3, -0.25) is 4.98 Å². The second-order valence-corrected chi connectivity index (χ2v) is 4.83. The third-order valence-corrected chi connectivity index (χ3v) is 3.48. The molecule has 2 aromatic heterocycles. The lowest BCUT2D eigenvalue weighted by molar-refractivity contribution is 0.629. The Morgan fingerprint density at radius 3 is 3.00 bits per heavy atom. The summed E-state index contributed by atoms with van der Waals surface area (Å²) >= 11 is 5.30. The Bertz CT molecular complexity index is 804. The molecule has 5 heteroatoms. The average Bonchev–Trinajstić information content (AvgIpc) is 2.68. The van der Waals surface area contributed by atoms with Gasteiger partial charge in [0, 0.05) is 6.20 Å². The van der Waals surface area contributed by atoms with Crippen molar-refractivity contribution in [2.24, 2.45) is 0 Å². The van der Waals surface area contributed by atoms with E-state index < -0.39 is 0 Å². The number of halogens is 1. The third-order valence-electron chi connectivity index (χ3n) is 3.16. The molecule has 0 aliphatic heterocycles. The van der Waals surface area contributed by atoms with Crippen LogP contribution in [0.1, 0.15) is 11.3 Å². The Kier molecular flexibility index (Phi) is 2.91. The summed E-state index contributed by atoms with van der Waals surface area (Å²) in [6, 6.07) is 8.54. The summed E-state index contributed by atoms with van der Waals surface area (Å²) in [5, 5.41) is 0. The van der Waals surface area contributed by atoms with Gasteiger partial charge in [0.15, 0.2) is 4.77 Å². The fourth-order valence-electron chi connectivity index (χ4n) is 2.13. The number of hydrogen-bond acceptors (Lipinski definition) is 2. The van der Waals surface area contributed by atoms with E-state index in [1.54, 1.807) is 12.3 Å². The molecule has 0 fully saturated rings. The summed E-state index contributed by atoms with van der Waals surface area (Å²) in [5.74, 6) is -0.273. The number of H-pyrrole nitrogens is 1. The Hall–Kier alpha value is -2.01. The van der Waals surface area contributed by atoms with Crippen LogP contribution in [0.2, 0.25) is 0 Å². The minimum absolute atomic E-state index is 0.273. The van der Waals surface area contributed by atoms with Crippen molar-refractivity contribution in [3.63, 3.8) is 0 Å². The fraction of sp³-hybridized carbons (Fsp3) is 0.143. The minimum Gasteiger partial charge on any atom is -0.330 e. The molecule has 1 N–H and O–H groups in total. The highest BCUT2D eigenvalue weighted by atomic mass is 32.1. The molecule has 3 aromatic rings. The van der Waals surface area contributed by atoms with Crippen LogP contribution in [0.15, 0.2) is 36.5 Å². The van der Waals surface area contributed by atoms with Gasteiger partial charge >= 0.3 is 0 Å². The van der Waals surface area contributed by atoms with Crippen LogP contribution in [0.4, 0.5) is 4.39 Å². The first kappa shape index (κ1) is 12.0. The van der Waals surface area contributed by atoms with Gasteiger partial charge in [-0.25, -0.2) is 4.39 Å². The molecule has 19 heavy (non-hydrogen) atoms. The first-order valence-corrected chi connectivity index (χ1v) is 6.34. The smallest absolute Gasteiger partial charge is 0.178 e. The number of aryl methyl sites for hydroxylation is 1. The molecule has 1 aromatic carbocycles. The molecule has 0 saturated heterocycles. The lowest BCUT2D eigenvalue weighted by atomic mass is 10.2. The molecule has 96 valence electrons. The van der Waals surface area contributed by atoms with E-state index >= 15 is 0 Å². The SMILES string of the molecule is Cc1cccnc1Cn1c(=S)[nH]c2cc(F)ccc21. The minimum atomic E-state index is -0.273. The maximum Gasteiger partial charge on any atom is 0.178 e. The van der Waals surface area contributed by atoms with Crippen LogP contribution < -0.4 is 0 Å². The van der Waals surface area contributed by atoms with Crippen molar-refractivity contribution >= 4 is 23.3 Å². The third kappa shape index (κ3) is 2.17. The molecule has 3 rings (SSSR count). The van der Waals surface area contributed by atoms with E-state index in [0.717, 1.165) is 16.8 Å². The van der Waals surface area contributed by atoms with Gasteiger partial charge < -0.3 is 9.55 Å². The summed E-state index contributed by atoms with van der Waals surface area (Å²) in [7, 11) is 0. The zero-order chi connectivity index (χ0) is 13.4. The molecule has 0 atom stereocenters. The molecule has 0 aliphatic rings. The van der Waals surface area contributed by atoms with Crippen molar-refractivity contribution in [1.82, 2.24) is 14.5 Å². The highest BCUT2D eigenvalue weighted by molar-refractivity contribution is 7.71. The van der Waals surface area contributed by atoms with Crippen LogP contribution in [0.3, 0.4) is 0 Å². The quantitative estimate of drug-likeness (QED) is 0.724. The molecule has 2 heterocycles. The number of rotatable bonds is 2. The van der Waals surface area contributed by atoms with Crippen LogP contribution in [0, 0.1) is 17.5 Å². The Balaban J connectivity index is 2.13. The Morgan fingerprint density at radius 1 is 1.37 bits per heavy atom. The lowest BCUT2D eigenvalue weighted by Gasteiger charge is -2.06. The molecular formula is C14H12FN3S. The van der Waals surface area contributed by atoms with E-state index in [-0.39, 0.29) is 5.82 Å². The standard InChI is InChI=1S/C14H12FN3S/c1-9-3-2-6-16-12(9)8-18-13-5-4-10(15)7-11(13)17-14(18)19/h2-7H,8H2,1H3,(H,17,19). The van der Waals surface area contributed by atoms with E-state index in [1.165, 1.54) is 12.1 Å². The molecule has 0 bridgehead atoms. The first-order valence-electron chi connectivity index (χ1n) is 5.94. The van der Waals surface area contributed by atoms with Gasteiger partial charge in [0.05, 0.1) is 23.3 Å². The number of aromatic nitrogens is 3. The van der Waals surface area contributed by atoms with Crippen LogP contribution in [-0.2, 0) is 6.54 Å². The van der Waals surface area contributed by atoms with E-state index in [2.05, 4.69) is 9.97 Å². The number of nitrogens with zero attached hydrogens (tertiary/aromatic N) is 2. The summed E-state index contributed by atoms with van der Waals surface area (Å²) in [6.07, 6.45) is 1.76. The van der Waals surface area contributed by atoms with Gasteiger partial charge in [-0.05, 0) is 49.0 Å². The van der Waals surface area contributed by atoms with Gasteiger partial charge in [-0.2, -0.15) is 0 Å². The lowest BCUT2D eigenvalue weighted by Crippen LogP contribution is -2.03. The number of imidazole rings is 1. The van der Waals surface area contributed by atoms with Crippen molar-refractivity contribution in [2.45, 2.75) is 13.5 Å². The van der Waals surface area contributed by atoms with E-state index in [9.17, 15) is 4.39 Å². The Morgan fingerprint density at radius 2 is 2.21 bits per heavy atom. The zero-order valence-electron chi connectivity index (χ0n) is 10.4. The van der Waals surface area contributed by atoms with Crippen molar-refractivity contribution in [3.8, 4) is 0 Å². The molecule has 3 nitrogen and oxygen atoms in total. The molecule has 0 aliphatic carbocycles. The molecule has 0 unspecified atom stereocenters. The summed E-state index contributed by atoms with van der Waals surface area (Å²) in [5.41, 5.74) is 3.67. The number of benzene rings is 1. The summed E-state index contributed by atoms with van der Waals surface area (Å²) < 4.78 is 15.7. The summed E-state index contributed by atoms with van der Waals surface area (Å²) in [6.45, 7) is 2.59. The van der Waals surface area contributed by atoms with Crippen molar-refractivity contribution in [2.75, 3.05) is 0 Å². The van der Waals surface area contributed by atoms with Gasteiger partial charge in [0.2, 0.25) is 0 Å². The van der Waals surface area contributed by atoms with Crippen molar-refractivity contribution in [1.29, 1.82) is 0 Å². The maximum atomic E-state index is 13.2. The largest absolute Gasteiger partial charge is 0.330 e. The predicted octanol–water partition coefficient (Wildman–Crippen LogP) is 3.59. The molecular weight excluding hydrogens is 261 g/mol. The number of fused-ring (bicyclic) bond motifs is 1. The normalized spacial score (nSPS) is 11.1. The highest BCUT2D eigenvalue weighted by Crippen LogP contribution is 2.17. The second kappa shape index (κ2) is 4.59. The zero-order valence-corrected chi connectivity index (χ0v) is 11.2. The topological polar surface area (TPSA) is 33.6 Å². The number of hydrogen-bond donors (Lipinski definition) is 1. The number of nitrogens with one attached hydrogen (secondary N) is 1. The van der Waals surface area contributed by atoms with Crippen molar-refractivity contribution < 1.29 is 4.39 Å². The first-order chi connectivity index (χ1) is 9.15. The van der Waals surface area contributed by atoms with Gasteiger partial charge in [-0.15, -0.1) is 0 Å². The van der Waals surface area contributed by atoms with Gasteiger partial charge in [0.25, 0.3) is 0 Å². The van der Waals surface area contributed by atoms with Crippen LogP contribution in [0.5, 0.6) is 0 Å². The monoisotopic (exact) mass is 273 g/mol. The Labute approximate surface area is 114 Å². The number of aromatic amines is 1. The van der Waals surface area contributed by atoms with Gasteiger partial charge in [0.1, 0.15) is 5.82 Å². The maximum absolute atomic E-state index is 13.2. The van der Waals surface area contributed by atoms with Crippen LogP contribution >= 0.6 is 12.2 Å². The van der Waals surface area contributed by atoms with E-state index in [0.29, 0.717) is 16.8 Å². The fourth-order valence-corrected chi connectivity index (χ4v) is 2.40.